The fourth-order valence-corrected chi connectivity index (χ4v) is 9.60. The first-order valence-electron chi connectivity index (χ1n) is 18.5. The van der Waals surface area contributed by atoms with Crippen LogP contribution in [0.4, 0.5) is 11.5 Å². The Labute approximate surface area is 318 Å². The molecule has 5 aromatic rings. The highest BCUT2D eigenvalue weighted by Gasteiger charge is 2.56. The van der Waals surface area contributed by atoms with Crippen LogP contribution in [0.15, 0.2) is 52.1 Å². The molecule has 54 heavy (non-hydrogen) atoms. The molecule has 0 spiro atoms. The Bertz CT molecular complexity index is 2480. The van der Waals surface area contributed by atoms with Gasteiger partial charge >= 0.3 is 5.69 Å². The van der Waals surface area contributed by atoms with Gasteiger partial charge in [0.1, 0.15) is 17.0 Å². The number of ether oxygens (including phenoxy) is 1. The summed E-state index contributed by atoms with van der Waals surface area (Å²) in [4.78, 5) is 54.7. The first-order valence-corrected chi connectivity index (χ1v) is 18.9. The van der Waals surface area contributed by atoms with Crippen molar-refractivity contribution in [2.45, 2.75) is 65.3 Å². The molecule has 0 saturated heterocycles. The standard InChI is InChI=1S/C41H45ClN8O4/c1-23-26(8-7-11-30(23)46-34-32-35(45-24(2)44-34)48(3)39(53)49(4)37(32)51)28-9-6-10-29(33(28)42)31-20-25-21-50(18-12-27(25)36(47-31)54-5)19-17-40-13-15-41(22-40,16-14-40)38(43)52/h6-11,20H,12-19,21-22H2,1-5H3,(H2,43,52)(H,44,45,46). The van der Waals surface area contributed by atoms with Crippen molar-refractivity contribution >= 4 is 40.0 Å². The lowest BCUT2D eigenvalue weighted by Gasteiger charge is -2.33. The lowest BCUT2D eigenvalue weighted by molar-refractivity contribution is -0.127. The Morgan fingerprint density at radius 1 is 0.981 bits per heavy atom. The van der Waals surface area contributed by atoms with Gasteiger partial charge in [-0.15, -0.1) is 0 Å². The fraction of sp³-hybridized carbons (Fsp3) is 0.415. The number of methoxy groups -OCH3 is 1. The van der Waals surface area contributed by atoms with Gasteiger partial charge in [0, 0.05) is 55.0 Å². The summed E-state index contributed by atoms with van der Waals surface area (Å²) in [5.74, 6) is 1.25. The van der Waals surface area contributed by atoms with E-state index in [0.717, 1.165) is 108 Å². The van der Waals surface area contributed by atoms with Gasteiger partial charge in [-0.05, 0) is 99.6 Å². The number of rotatable bonds is 9. The molecule has 8 rings (SSSR count). The van der Waals surface area contributed by atoms with Gasteiger partial charge in [-0.2, -0.15) is 0 Å². The average Bonchev–Trinajstić information content (AvgIpc) is 3.74. The molecule has 0 radical (unpaired) electrons. The number of amides is 1. The lowest BCUT2D eigenvalue weighted by Crippen LogP contribution is -2.37. The number of nitrogens with zero attached hydrogens (tertiary/aromatic N) is 6. The fourth-order valence-electron chi connectivity index (χ4n) is 9.28. The minimum atomic E-state index is -0.477. The SMILES string of the molecule is COc1nc(-c2cccc(-c3cccc(Nc4nc(C)nc5c4c(=O)n(C)c(=O)n5C)c3C)c2Cl)cc2c1CCN(CCC13CCC(C(N)=O)(CC1)C3)C2. The number of anilines is 2. The van der Waals surface area contributed by atoms with Crippen molar-refractivity contribution in [2.24, 2.45) is 30.7 Å². The van der Waals surface area contributed by atoms with E-state index in [9.17, 15) is 14.4 Å². The van der Waals surface area contributed by atoms with Gasteiger partial charge in [0.25, 0.3) is 5.56 Å². The smallest absolute Gasteiger partial charge is 0.332 e. The molecule has 0 atom stereocenters. The van der Waals surface area contributed by atoms with Crippen molar-refractivity contribution in [3.63, 3.8) is 0 Å². The van der Waals surface area contributed by atoms with Crippen LogP contribution in [0.2, 0.25) is 5.02 Å². The van der Waals surface area contributed by atoms with E-state index in [0.29, 0.717) is 22.5 Å². The highest BCUT2D eigenvalue weighted by molar-refractivity contribution is 6.36. The molecule has 2 bridgehead atoms. The molecule has 3 aromatic heterocycles. The number of hydrogen-bond acceptors (Lipinski definition) is 9. The predicted octanol–water partition coefficient (Wildman–Crippen LogP) is 5.96. The van der Waals surface area contributed by atoms with Crippen LogP contribution in [0.5, 0.6) is 5.88 Å². The first-order chi connectivity index (χ1) is 25.8. The summed E-state index contributed by atoms with van der Waals surface area (Å²) in [6.45, 7) is 6.41. The number of primary amides is 1. The molecule has 2 saturated carbocycles. The van der Waals surface area contributed by atoms with Gasteiger partial charge in [-0.25, -0.2) is 19.7 Å². The lowest BCUT2D eigenvalue weighted by atomic mass is 9.80. The van der Waals surface area contributed by atoms with Gasteiger partial charge < -0.3 is 15.8 Å². The van der Waals surface area contributed by atoms with Crippen LogP contribution in [0.3, 0.4) is 0 Å². The number of benzene rings is 2. The van der Waals surface area contributed by atoms with Crippen LogP contribution in [0, 0.1) is 24.7 Å². The summed E-state index contributed by atoms with van der Waals surface area (Å²) in [5, 5.41) is 4.15. The van der Waals surface area contributed by atoms with Gasteiger partial charge in [0.2, 0.25) is 11.8 Å². The van der Waals surface area contributed by atoms with E-state index in [1.54, 1.807) is 21.1 Å². The Morgan fingerprint density at radius 3 is 2.43 bits per heavy atom. The largest absolute Gasteiger partial charge is 0.481 e. The second-order valence-electron chi connectivity index (χ2n) is 15.5. The van der Waals surface area contributed by atoms with E-state index in [-0.39, 0.29) is 27.8 Å². The molecule has 2 fully saturated rings. The quantitative estimate of drug-likeness (QED) is 0.186. The summed E-state index contributed by atoms with van der Waals surface area (Å²) in [7, 11) is 4.70. The number of halogens is 1. The van der Waals surface area contributed by atoms with E-state index in [2.05, 4.69) is 26.3 Å². The zero-order valence-corrected chi connectivity index (χ0v) is 32.1. The Balaban J connectivity index is 1.09. The Kier molecular flexibility index (Phi) is 8.88. The topological polar surface area (TPSA) is 150 Å². The monoisotopic (exact) mass is 748 g/mol. The van der Waals surface area contributed by atoms with Crippen molar-refractivity contribution in [2.75, 3.05) is 25.5 Å². The van der Waals surface area contributed by atoms with Crippen LogP contribution >= 0.6 is 11.6 Å². The molecule has 280 valence electrons. The van der Waals surface area contributed by atoms with Crippen molar-refractivity contribution in [3.05, 3.63) is 90.8 Å². The molecule has 4 heterocycles. The van der Waals surface area contributed by atoms with E-state index in [1.165, 1.54) is 17.2 Å². The third-order valence-corrected chi connectivity index (χ3v) is 12.9. The molecule has 2 aliphatic carbocycles. The Hall–Kier alpha value is -5.07. The van der Waals surface area contributed by atoms with Crippen LogP contribution in [0.1, 0.15) is 61.0 Å². The van der Waals surface area contributed by atoms with E-state index in [1.807, 2.05) is 43.3 Å². The third-order valence-electron chi connectivity index (χ3n) is 12.5. The predicted molar refractivity (Wildman–Crippen MR) is 210 cm³/mol. The Morgan fingerprint density at radius 2 is 1.70 bits per heavy atom. The van der Waals surface area contributed by atoms with E-state index >= 15 is 0 Å². The second-order valence-corrected chi connectivity index (χ2v) is 15.9. The number of hydrogen-bond donors (Lipinski definition) is 2. The molecule has 3 N–H and O–H groups in total. The minimum absolute atomic E-state index is 0.113. The van der Waals surface area contributed by atoms with Crippen LogP contribution in [-0.2, 0) is 31.9 Å². The zero-order chi connectivity index (χ0) is 38.1. The molecular formula is C41H45ClN8O4. The first kappa shape index (κ1) is 35.9. The highest BCUT2D eigenvalue weighted by Crippen LogP contribution is 2.63. The molecule has 2 aromatic carbocycles. The number of pyridine rings is 1. The third kappa shape index (κ3) is 5.86. The summed E-state index contributed by atoms with van der Waals surface area (Å²) < 4.78 is 8.27. The zero-order valence-electron chi connectivity index (χ0n) is 31.4. The highest BCUT2D eigenvalue weighted by atomic mass is 35.5. The normalized spacial score (nSPS) is 20.7. The molecule has 1 amide bonds. The van der Waals surface area contributed by atoms with E-state index in [4.69, 9.17) is 27.1 Å². The van der Waals surface area contributed by atoms with Gasteiger partial charge in [-0.1, -0.05) is 41.9 Å². The van der Waals surface area contributed by atoms with Crippen molar-refractivity contribution < 1.29 is 9.53 Å². The maximum atomic E-state index is 13.3. The molecule has 1 aliphatic heterocycles. The molecule has 0 unspecified atom stereocenters. The number of nitrogens with one attached hydrogen (secondary N) is 1. The second kappa shape index (κ2) is 13.3. The number of nitrogens with two attached hydrogens (primary N) is 1. The number of aromatic nitrogens is 5. The minimum Gasteiger partial charge on any atom is -0.481 e. The van der Waals surface area contributed by atoms with Gasteiger partial charge in [-0.3, -0.25) is 23.6 Å². The van der Waals surface area contributed by atoms with Crippen molar-refractivity contribution in [3.8, 4) is 28.3 Å². The summed E-state index contributed by atoms with van der Waals surface area (Å²) >= 11 is 7.29. The number of carbonyl (C=O) groups excluding carboxylic acids is 1. The van der Waals surface area contributed by atoms with Crippen molar-refractivity contribution in [1.82, 2.24) is 29.0 Å². The van der Waals surface area contributed by atoms with Gasteiger partial charge in [0.05, 0.1) is 17.8 Å². The molecule has 3 aliphatic rings. The van der Waals surface area contributed by atoms with Gasteiger partial charge in [0.15, 0.2) is 5.65 Å². The van der Waals surface area contributed by atoms with Crippen molar-refractivity contribution in [1.29, 1.82) is 0 Å². The number of fused-ring (bicyclic) bond motifs is 4. The maximum Gasteiger partial charge on any atom is 0.332 e. The summed E-state index contributed by atoms with van der Waals surface area (Å²) in [5.41, 5.74) is 12.3. The summed E-state index contributed by atoms with van der Waals surface area (Å²) in [6.07, 6.45) is 6.91. The molecule has 12 nitrogen and oxygen atoms in total. The maximum absolute atomic E-state index is 13.3. The number of aryl methyl sites for hydroxylation is 2. The van der Waals surface area contributed by atoms with Crippen LogP contribution in [0.25, 0.3) is 33.4 Å². The van der Waals surface area contributed by atoms with Crippen LogP contribution < -0.4 is 27.0 Å². The average molecular weight is 749 g/mol. The van der Waals surface area contributed by atoms with E-state index < -0.39 is 11.2 Å². The summed E-state index contributed by atoms with van der Waals surface area (Å²) in [6, 6.07) is 14.0. The molecular weight excluding hydrogens is 704 g/mol. The van der Waals surface area contributed by atoms with Crippen LogP contribution in [-0.4, -0.2) is 55.1 Å². The number of carbonyl (C=O) groups is 1. The molecule has 13 heteroatoms.